The molecule has 1 aromatic rings. The zero-order valence-corrected chi connectivity index (χ0v) is 12.8. The lowest BCUT2D eigenvalue weighted by atomic mass is 10.1. The number of rotatable bonds is 7. The average molecular weight is 277 g/mol. The predicted molar refractivity (Wildman–Crippen MR) is 81.9 cm³/mol. The second-order valence-corrected chi connectivity index (χ2v) is 5.49. The summed E-state index contributed by atoms with van der Waals surface area (Å²) in [5.41, 5.74) is 1.38. The summed E-state index contributed by atoms with van der Waals surface area (Å²) in [6, 6.07) is 4.85. The standard InChI is InChI=1S/C16H27N3O/c1-3-20-13-12-19-11-10-18(14-15(19)2)9-6-16-4-7-17-8-5-16/h4-5,7-8,15H,3,6,9-14H2,1-2H3. The monoisotopic (exact) mass is 277 g/mol. The van der Waals surface area contributed by atoms with Crippen molar-refractivity contribution in [3.63, 3.8) is 0 Å². The summed E-state index contributed by atoms with van der Waals surface area (Å²) in [7, 11) is 0. The number of nitrogens with zero attached hydrogens (tertiary/aromatic N) is 3. The highest BCUT2D eigenvalue weighted by Crippen LogP contribution is 2.10. The van der Waals surface area contributed by atoms with Crippen molar-refractivity contribution in [3.05, 3.63) is 30.1 Å². The van der Waals surface area contributed by atoms with Crippen LogP contribution in [0.5, 0.6) is 0 Å². The van der Waals surface area contributed by atoms with Crippen molar-refractivity contribution in [1.29, 1.82) is 0 Å². The Balaban J connectivity index is 1.69. The topological polar surface area (TPSA) is 28.6 Å². The van der Waals surface area contributed by atoms with Gasteiger partial charge in [-0.1, -0.05) is 0 Å². The molecule has 1 unspecified atom stereocenters. The molecule has 2 rings (SSSR count). The van der Waals surface area contributed by atoms with Gasteiger partial charge < -0.3 is 9.64 Å². The van der Waals surface area contributed by atoms with E-state index in [2.05, 4.69) is 40.8 Å². The summed E-state index contributed by atoms with van der Waals surface area (Å²) in [6.07, 6.45) is 4.88. The number of piperazine rings is 1. The van der Waals surface area contributed by atoms with Crippen LogP contribution < -0.4 is 0 Å². The molecule has 0 amide bonds. The average Bonchev–Trinajstić information content (AvgIpc) is 2.48. The van der Waals surface area contributed by atoms with E-state index in [4.69, 9.17) is 4.74 Å². The van der Waals surface area contributed by atoms with Crippen LogP contribution >= 0.6 is 0 Å². The van der Waals surface area contributed by atoms with Crippen LogP contribution in [-0.4, -0.2) is 66.8 Å². The summed E-state index contributed by atoms with van der Waals surface area (Å²) >= 11 is 0. The normalized spacial score (nSPS) is 21.2. The Labute approximate surface area is 122 Å². The van der Waals surface area contributed by atoms with Gasteiger partial charge in [-0.15, -0.1) is 0 Å². The van der Waals surface area contributed by atoms with Crippen LogP contribution in [0.25, 0.3) is 0 Å². The van der Waals surface area contributed by atoms with Gasteiger partial charge in [-0.2, -0.15) is 0 Å². The first kappa shape index (κ1) is 15.4. The van der Waals surface area contributed by atoms with Crippen molar-refractivity contribution >= 4 is 0 Å². The van der Waals surface area contributed by atoms with Crippen molar-refractivity contribution in [2.75, 3.05) is 45.9 Å². The molecular weight excluding hydrogens is 250 g/mol. The van der Waals surface area contributed by atoms with Crippen LogP contribution in [0.3, 0.4) is 0 Å². The fourth-order valence-electron chi connectivity index (χ4n) is 2.77. The quantitative estimate of drug-likeness (QED) is 0.709. The molecule has 0 spiro atoms. The zero-order valence-electron chi connectivity index (χ0n) is 12.8. The van der Waals surface area contributed by atoms with Crippen molar-refractivity contribution < 1.29 is 4.74 Å². The highest BCUT2D eigenvalue weighted by atomic mass is 16.5. The summed E-state index contributed by atoms with van der Waals surface area (Å²) in [5.74, 6) is 0. The first-order valence-corrected chi connectivity index (χ1v) is 7.72. The molecule has 1 aromatic heterocycles. The van der Waals surface area contributed by atoms with Gasteiger partial charge in [0.05, 0.1) is 6.61 Å². The van der Waals surface area contributed by atoms with E-state index in [1.165, 1.54) is 12.1 Å². The lowest BCUT2D eigenvalue weighted by Crippen LogP contribution is -2.52. The molecule has 0 aliphatic carbocycles. The Hall–Kier alpha value is -0.970. The third kappa shape index (κ3) is 4.85. The SMILES string of the molecule is CCOCCN1CCN(CCc2ccncc2)CC1C. The summed E-state index contributed by atoms with van der Waals surface area (Å²) < 4.78 is 5.46. The molecule has 4 heteroatoms. The molecule has 20 heavy (non-hydrogen) atoms. The highest BCUT2D eigenvalue weighted by Gasteiger charge is 2.22. The van der Waals surface area contributed by atoms with E-state index < -0.39 is 0 Å². The zero-order chi connectivity index (χ0) is 14.2. The van der Waals surface area contributed by atoms with Gasteiger partial charge in [0.1, 0.15) is 0 Å². The van der Waals surface area contributed by atoms with Crippen LogP contribution in [0.2, 0.25) is 0 Å². The number of ether oxygens (including phenoxy) is 1. The van der Waals surface area contributed by atoms with Gasteiger partial charge in [0.15, 0.2) is 0 Å². The molecule has 0 N–H and O–H groups in total. The Kier molecular flexibility index (Phi) is 6.43. The molecule has 0 bridgehead atoms. The lowest BCUT2D eigenvalue weighted by Gasteiger charge is -2.39. The van der Waals surface area contributed by atoms with Crippen molar-refractivity contribution in [2.24, 2.45) is 0 Å². The molecule has 2 heterocycles. The molecule has 1 atom stereocenters. The number of hydrogen-bond acceptors (Lipinski definition) is 4. The number of hydrogen-bond donors (Lipinski definition) is 0. The summed E-state index contributed by atoms with van der Waals surface area (Å²) in [6.45, 7) is 11.8. The lowest BCUT2D eigenvalue weighted by molar-refractivity contribution is 0.0498. The van der Waals surface area contributed by atoms with Crippen molar-refractivity contribution in [2.45, 2.75) is 26.3 Å². The smallest absolute Gasteiger partial charge is 0.0593 e. The van der Waals surface area contributed by atoms with E-state index in [0.29, 0.717) is 6.04 Å². The van der Waals surface area contributed by atoms with E-state index in [0.717, 1.165) is 45.8 Å². The third-order valence-corrected chi connectivity index (χ3v) is 4.04. The molecule has 4 nitrogen and oxygen atoms in total. The van der Waals surface area contributed by atoms with Gasteiger partial charge in [-0.25, -0.2) is 0 Å². The fraction of sp³-hybridized carbons (Fsp3) is 0.688. The second-order valence-electron chi connectivity index (χ2n) is 5.49. The van der Waals surface area contributed by atoms with E-state index in [-0.39, 0.29) is 0 Å². The first-order chi connectivity index (χ1) is 9.79. The fourth-order valence-corrected chi connectivity index (χ4v) is 2.77. The predicted octanol–water partition coefficient (Wildman–Crippen LogP) is 1.67. The van der Waals surface area contributed by atoms with E-state index in [1.54, 1.807) is 0 Å². The van der Waals surface area contributed by atoms with E-state index >= 15 is 0 Å². The number of pyridine rings is 1. The molecule has 112 valence electrons. The van der Waals surface area contributed by atoms with Crippen molar-refractivity contribution in [1.82, 2.24) is 14.8 Å². The highest BCUT2D eigenvalue weighted by molar-refractivity contribution is 5.10. The minimum Gasteiger partial charge on any atom is -0.380 e. The van der Waals surface area contributed by atoms with Crippen LogP contribution in [0.1, 0.15) is 19.4 Å². The summed E-state index contributed by atoms with van der Waals surface area (Å²) in [4.78, 5) is 9.18. The van der Waals surface area contributed by atoms with Gasteiger partial charge in [-0.3, -0.25) is 9.88 Å². The molecule has 1 fully saturated rings. The molecule has 1 aliphatic heterocycles. The maximum absolute atomic E-state index is 5.46. The summed E-state index contributed by atoms with van der Waals surface area (Å²) in [5, 5.41) is 0. The number of aromatic nitrogens is 1. The Morgan fingerprint density at radius 2 is 2.05 bits per heavy atom. The maximum Gasteiger partial charge on any atom is 0.0593 e. The third-order valence-electron chi connectivity index (χ3n) is 4.04. The maximum atomic E-state index is 5.46. The molecule has 0 saturated carbocycles. The Bertz CT molecular complexity index is 371. The minimum absolute atomic E-state index is 0.627. The van der Waals surface area contributed by atoms with Crippen LogP contribution in [-0.2, 0) is 11.2 Å². The molecule has 0 radical (unpaired) electrons. The van der Waals surface area contributed by atoms with Crippen LogP contribution in [0.4, 0.5) is 0 Å². The Morgan fingerprint density at radius 3 is 2.75 bits per heavy atom. The van der Waals surface area contributed by atoms with Gasteiger partial charge in [0.2, 0.25) is 0 Å². The first-order valence-electron chi connectivity index (χ1n) is 7.72. The Morgan fingerprint density at radius 1 is 1.25 bits per heavy atom. The van der Waals surface area contributed by atoms with Crippen LogP contribution in [0, 0.1) is 0 Å². The molecular formula is C16H27N3O. The van der Waals surface area contributed by atoms with Gasteiger partial charge >= 0.3 is 0 Å². The molecule has 1 saturated heterocycles. The molecule has 1 aliphatic rings. The second kappa shape index (κ2) is 8.35. The van der Waals surface area contributed by atoms with Gasteiger partial charge in [0, 0.05) is 57.8 Å². The van der Waals surface area contributed by atoms with Crippen molar-refractivity contribution in [3.8, 4) is 0 Å². The minimum atomic E-state index is 0.627. The van der Waals surface area contributed by atoms with Gasteiger partial charge in [-0.05, 0) is 38.0 Å². The van der Waals surface area contributed by atoms with E-state index in [1.807, 2.05) is 12.4 Å². The van der Waals surface area contributed by atoms with Gasteiger partial charge in [0.25, 0.3) is 0 Å². The van der Waals surface area contributed by atoms with Crippen LogP contribution in [0.15, 0.2) is 24.5 Å². The largest absolute Gasteiger partial charge is 0.380 e. The molecule has 0 aromatic carbocycles. The van der Waals surface area contributed by atoms with E-state index in [9.17, 15) is 0 Å².